The molecule has 4 heterocycles. The van der Waals surface area contributed by atoms with Crippen molar-refractivity contribution in [2.45, 2.75) is 38.3 Å². The molecule has 1 aliphatic rings. The van der Waals surface area contributed by atoms with Gasteiger partial charge in [0.15, 0.2) is 5.13 Å². The molecule has 182 valence electrons. The number of H-pyrrole nitrogens is 1. The van der Waals surface area contributed by atoms with Crippen molar-refractivity contribution in [2.24, 2.45) is 0 Å². The molecule has 0 amide bonds. The van der Waals surface area contributed by atoms with Crippen molar-refractivity contribution in [1.82, 2.24) is 29.9 Å². The first-order valence-corrected chi connectivity index (χ1v) is 12.8. The number of thiazole rings is 1. The van der Waals surface area contributed by atoms with Crippen LogP contribution in [0.4, 0.5) is 5.13 Å². The molecule has 4 aromatic heterocycles. The second kappa shape index (κ2) is 9.36. The van der Waals surface area contributed by atoms with E-state index in [2.05, 4.69) is 30.6 Å². The Hall–Kier alpha value is -3.76. The third-order valence-corrected chi connectivity index (χ3v) is 7.31. The molecule has 1 saturated carbocycles. The highest BCUT2D eigenvalue weighted by atomic mass is 35.5. The van der Waals surface area contributed by atoms with Gasteiger partial charge in [-0.3, -0.25) is 9.78 Å². The summed E-state index contributed by atoms with van der Waals surface area (Å²) < 4.78 is 7.69. The number of halogens is 1. The van der Waals surface area contributed by atoms with Crippen LogP contribution >= 0.6 is 22.9 Å². The van der Waals surface area contributed by atoms with Gasteiger partial charge in [-0.15, -0.1) is 5.10 Å². The first-order chi connectivity index (χ1) is 17.5. The van der Waals surface area contributed by atoms with Gasteiger partial charge in [-0.05, 0) is 44.0 Å². The highest BCUT2D eigenvalue weighted by Crippen LogP contribution is 2.41. The van der Waals surface area contributed by atoms with Crippen LogP contribution in [0.1, 0.15) is 48.7 Å². The van der Waals surface area contributed by atoms with Gasteiger partial charge in [0.1, 0.15) is 17.4 Å². The minimum absolute atomic E-state index is 0.190. The van der Waals surface area contributed by atoms with E-state index in [0.29, 0.717) is 32.9 Å². The van der Waals surface area contributed by atoms with Crippen molar-refractivity contribution >= 4 is 39.0 Å². The summed E-state index contributed by atoms with van der Waals surface area (Å²) in [6, 6.07) is 10.7. The van der Waals surface area contributed by atoms with Gasteiger partial charge in [0.05, 0.1) is 40.4 Å². The Morgan fingerprint density at radius 2 is 2.14 bits per heavy atom. The number of aromatic amines is 1. The third kappa shape index (κ3) is 4.57. The molecular formula is C25H22ClN7O2S. The summed E-state index contributed by atoms with van der Waals surface area (Å²) in [7, 11) is 0. The van der Waals surface area contributed by atoms with Crippen LogP contribution in [0.5, 0.6) is 5.75 Å². The van der Waals surface area contributed by atoms with E-state index in [0.717, 1.165) is 21.8 Å². The van der Waals surface area contributed by atoms with Crippen LogP contribution in [0.2, 0.25) is 5.02 Å². The molecular weight excluding hydrogens is 498 g/mol. The lowest BCUT2D eigenvalue weighted by Gasteiger charge is -2.14. The standard InChI is InChI=1S/C25H22ClN7O2S/c1-14(30-25-28-12-23(36-25)33-21(11-29-32-33)15-5-6-15)18-8-16-9-19(26)22(10-20(16)31-24(18)34)35-13-17-4-2-3-7-27-17/h2-4,7-12,14-15H,5-6,13H2,1H3,(H,28,30)(H,31,34). The molecule has 1 aliphatic carbocycles. The van der Waals surface area contributed by atoms with Crippen LogP contribution in [0.3, 0.4) is 0 Å². The topological polar surface area (TPSA) is 111 Å². The molecule has 1 atom stereocenters. The van der Waals surface area contributed by atoms with E-state index < -0.39 is 0 Å². The van der Waals surface area contributed by atoms with E-state index in [1.807, 2.05) is 42.1 Å². The maximum Gasteiger partial charge on any atom is 0.253 e. The predicted octanol–water partition coefficient (Wildman–Crippen LogP) is 5.24. The zero-order chi connectivity index (χ0) is 24.6. The minimum atomic E-state index is -0.283. The number of hydrogen-bond acceptors (Lipinski definition) is 8. The van der Waals surface area contributed by atoms with Gasteiger partial charge in [-0.2, -0.15) is 0 Å². The van der Waals surface area contributed by atoms with Gasteiger partial charge in [-0.25, -0.2) is 9.67 Å². The highest BCUT2D eigenvalue weighted by Gasteiger charge is 2.28. The van der Waals surface area contributed by atoms with Gasteiger partial charge in [0.2, 0.25) is 0 Å². The molecule has 36 heavy (non-hydrogen) atoms. The zero-order valence-electron chi connectivity index (χ0n) is 19.3. The summed E-state index contributed by atoms with van der Waals surface area (Å²) >= 11 is 7.96. The van der Waals surface area contributed by atoms with Crippen molar-refractivity contribution in [3.63, 3.8) is 0 Å². The summed E-state index contributed by atoms with van der Waals surface area (Å²) in [5.74, 6) is 1.01. The van der Waals surface area contributed by atoms with Crippen LogP contribution in [-0.2, 0) is 6.61 Å². The van der Waals surface area contributed by atoms with Gasteiger partial charge in [-0.1, -0.05) is 34.2 Å². The van der Waals surface area contributed by atoms with Crippen molar-refractivity contribution in [2.75, 3.05) is 5.32 Å². The number of ether oxygens (including phenoxy) is 1. The first kappa shape index (κ1) is 22.7. The van der Waals surface area contributed by atoms with Gasteiger partial charge < -0.3 is 15.0 Å². The SMILES string of the molecule is CC(Nc1ncc(-n2nncc2C2CC2)s1)c1cc2cc(Cl)c(OCc3ccccn3)cc2[nH]c1=O. The summed E-state index contributed by atoms with van der Waals surface area (Å²) in [6.45, 7) is 2.20. The maximum absolute atomic E-state index is 12.9. The third-order valence-electron chi connectivity index (χ3n) is 6.11. The van der Waals surface area contributed by atoms with Crippen molar-refractivity contribution in [1.29, 1.82) is 0 Å². The molecule has 1 unspecified atom stereocenters. The zero-order valence-corrected chi connectivity index (χ0v) is 20.9. The number of hydrogen-bond donors (Lipinski definition) is 2. The Labute approximate surface area is 215 Å². The fraction of sp³-hybridized carbons (Fsp3) is 0.240. The van der Waals surface area contributed by atoms with Crippen molar-refractivity contribution in [3.05, 3.63) is 87.3 Å². The van der Waals surface area contributed by atoms with Crippen LogP contribution in [0.25, 0.3) is 15.9 Å². The average Bonchev–Trinajstić information content (AvgIpc) is 3.42. The number of nitrogens with one attached hydrogen (secondary N) is 2. The lowest BCUT2D eigenvalue weighted by Crippen LogP contribution is -2.19. The molecule has 0 radical (unpaired) electrons. The number of pyridine rings is 2. The molecule has 2 N–H and O–H groups in total. The lowest BCUT2D eigenvalue weighted by atomic mass is 10.1. The fourth-order valence-electron chi connectivity index (χ4n) is 4.06. The Balaban J connectivity index is 1.21. The van der Waals surface area contributed by atoms with Crippen LogP contribution in [0.15, 0.2) is 59.8 Å². The van der Waals surface area contributed by atoms with Crippen LogP contribution in [0, 0.1) is 0 Å². The molecule has 0 saturated heterocycles. The number of rotatable bonds is 8. The van der Waals surface area contributed by atoms with Crippen LogP contribution in [-0.4, -0.2) is 29.9 Å². The van der Waals surface area contributed by atoms with Crippen molar-refractivity contribution < 1.29 is 4.74 Å². The van der Waals surface area contributed by atoms with Gasteiger partial charge in [0.25, 0.3) is 5.56 Å². The predicted molar refractivity (Wildman–Crippen MR) is 139 cm³/mol. The molecule has 0 spiro atoms. The highest BCUT2D eigenvalue weighted by molar-refractivity contribution is 7.17. The summed E-state index contributed by atoms with van der Waals surface area (Å²) in [4.78, 5) is 24.6. The van der Waals surface area contributed by atoms with Gasteiger partial charge in [0, 0.05) is 29.1 Å². The van der Waals surface area contributed by atoms with E-state index in [4.69, 9.17) is 16.3 Å². The molecule has 11 heteroatoms. The molecule has 0 aliphatic heterocycles. The molecule has 1 aromatic carbocycles. The smallest absolute Gasteiger partial charge is 0.253 e. The number of nitrogens with zero attached hydrogens (tertiary/aromatic N) is 5. The maximum atomic E-state index is 12.9. The summed E-state index contributed by atoms with van der Waals surface area (Å²) in [5.41, 5.74) is 2.94. The number of aromatic nitrogens is 6. The normalized spacial score (nSPS) is 14.2. The van der Waals surface area contributed by atoms with Crippen molar-refractivity contribution in [3.8, 4) is 10.8 Å². The van der Waals surface area contributed by atoms with E-state index in [1.54, 1.807) is 24.5 Å². The fourth-order valence-corrected chi connectivity index (χ4v) is 5.16. The Kier molecular flexibility index (Phi) is 5.90. The van der Waals surface area contributed by atoms with Crippen LogP contribution < -0.4 is 15.6 Å². The first-order valence-electron chi connectivity index (χ1n) is 11.6. The molecule has 5 aromatic rings. The molecule has 0 bridgehead atoms. The Morgan fingerprint density at radius 1 is 1.25 bits per heavy atom. The molecule has 6 rings (SSSR count). The minimum Gasteiger partial charge on any atom is -0.486 e. The van der Waals surface area contributed by atoms with E-state index in [1.165, 1.54) is 24.2 Å². The second-order valence-electron chi connectivity index (χ2n) is 8.75. The number of fused-ring (bicyclic) bond motifs is 1. The van der Waals surface area contributed by atoms with E-state index in [-0.39, 0.29) is 18.2 Å². The quantitative estimate of drug-likeness (QED) is 0.288. The average molecular weight is 520 g/mol. The van der Waals surface area contributed by atoms with E-state index in [9.17, 15) is 4.79 Å². The molecule has 1 fully saturated rings. The monoisotopic (exact) mass is 519 g/mol. The molecule has 9 nitrogen and oxygen atoms in total. The number of anilines is 1. The lowest BCUT2D eigenvalue weighted by molar-refractivity contribution is 0.302. The Bertz CT molecular complexity index is 1590. The largest absolute Gasteiger partial charge is 0.486 e. The number of benzene rings is 1. The Morgan fingerprint density at radius 3 is 2.94 bits per heavy atom. The van der Waals surface area contributed by atoms with E-state index >= 15 is 0 Å². The second-order valence-corrected chi connectivity index (χ2v) is 10.2. The summed E-state index contributed by atoms with van der Waals surface area (Å²) in [6.07, 6.45) is 7.64. The van der Waals surface area contributed by atoms with Gasteiger partial charge >= 0.3 is 0 Å². The summed E-state index contributed by atoms with van der Waals surface area (Å²) in [5, 5.41) is 14.5.